The molecule has 2 N–H and O–H groups in total. The number of hydrogen-bond acceptors (Lipinski definition) is 3. The molecule has 0 aromatic heterocycles. The lowest BCUT2D eigenvalue weighted by atomic mass is 10.1. The molecule has 2 rings (SSSR count). The molecular formula is C19H21Cl2N3O2. The zero-order valence-electron chi connectivity index (χ0n) is 14.7. The largest absolute Gasteiger partial charge is 0.375 e. The van der Waals surface area contributed by atoms with Crippen LogP contribution in [0.3, 0.4) is 0 Å². The van der Waals surface area contributed by atoms with Gasteiger partial charge in [-0.05, 0) is 50.2 Å². The molecule has 0 radical (unpaired) electrons. The SMILES string of the molecule is CCN(CC)C(=O)c1ccc(NC(=O)CNc2cccc(Cl)c2Cl)cc1. The summed E-state index contributed by atoms with van der Waals surface area (Å²) in [5.74, 6) is -0.256. The smallest absolute Gasteiger partial charge is 0.253 e. The Labute approximate surface area is 163 Å². The third-order valence-electron chi connectivity index (χ3n) is 3.86. The molecule has 0 spiro atoms. The molecule has 0 unspecified atom stereocenters. The Morgan fingerprint density at radius 3 is 2.27 bits per heavy atom. The van der Waals surface area contributed by atoms with Crippen molar-refractivity contribution in [2.45, 2.75) is 13.8 Å². The fourth-order valence-electron chi connectivity index (χ4n) is 2.41. The number of carbonyl (C=O) groups is 2. The van der Waals surface area contributed by atoms with Crippen LogP contribution in [-0.4, -0.2) is 36.3 Å². The minimum absolute atomic E-state index is 0.0230. The molecule has 0 bridgehead atoms. The maximum absolute atomic E-state index is 12.3. The molecule has 5 nitrogen and oxygen atoms in total. The standard InChI is InChI=1S/C19H21Cl2N3O2/c1-3-24(4-2)19(26)13-8-10-14(11-9-13)23-17(25)12-22-16-7-5-6-15(20)18(16)21/h5-11,22H,3-4,12H2,1-2H3,(H,23,25). The second-order valence-corrected chi connectivity index (χ2v) is 6.34. The van der Waals surface area contributed by atoms with Gasteiger partial charge >= 0.3 is 0 Å². The minimum Gasteiger partial charge on any atom is -0.375 e. The van der Waals surface area contributed by atoms with Crippen molar-refractivity contribution in [2.24, 2.45) is 0 Å². The number of benzene rings is 2. The van der Waals surface area contributed by atoms with Crippen LogP contribution in [0.25, 0.3) is 0 Å². The van der Waals surface area contributed by atoms with Gasteiger partial charge in [0, 0.05) is 24.3 Å². The Bertz CT molecular complexity index is 775. The Hall–Kier alpha value is -2.24. The van der Waals surface area contributed by atoms with Gasteiger partial charge in [0.15, 0.2) is 0 Å². The van der Waals surface area contributed by atoms with Crippen LogP contribution >= 0.6 is 23.2 Å². The zero-order chi connectivity index (χ0) is 19.1. The molecule has 2 aromatic rings. The average Bonchev–Trinajstić information content (AvgIpc) is 2.64. The first kappa shape index (κ1) is 20.1. The summed E-state index contributed by atoms with van der Waals surface area (Å²) in [7, 11) is 0. The number of nitrogens with zero attached hydrogens (tertiary/aromatic N) is 1. The van der Waals surface area contributed by atoms with Gasteiger partial charge in [-0.2, -0.15) is 0 Å². The lowest BCUT2D eigenvalue weighted by molar-refractivity contribution is -0.114. The summed E-state index contributed by atoms with van der Waals surface area (Å²) in [6, 6.07) is 12.0. The predicted molar refractivity (Wildman–Crippen MR) is 107 cm³/mol. The van der Waals surface area contributed by atoms with Gasteiger partial charge in [0.2, 0.25) is 5.91 Å². The van der Waals surface area contributed by atoms with Gasteiger partial charge in [0.25, 0.3) is 5.91 Å². The third kappa shape index (κ3) is 5.13. The third-order valence-corrected chi connectivity index (χ3v) is 4.68. The predicted octanol–water partition coefficient (Wildman–Crippen LogP) is 4.53. The highest BCUT2D eigenvalue weighted by Crippen LogP contribution is 2.29. The zero-order valence-corrected chi connectivity index (χ0v) is 16.2. The van der Waals surface area contributed by atoms with Gasteiger partial charge in [-0.25, -0.2) is 0 Å². The van der Waals surface area contributed by atoms with Crippen molar-refractivity contribution < 1.29 is 9.59 Å². The molecule has 0 fully saturated rings. The van der Waals surface area contributed by atoms with Crippen LogP contribution < -0.4 is 10.6 Å². The molecule has 0 aliphatic rings. The van der Waals surface area contributed by atoms with E-state index in [1.807, 2.05) is 13.8 Å². The summed E-state index contributed by atoms with van der Waals surface area (Å²) in [5.41, 5.74) is 1.80. The molecule has 0 atom stereocenters. The van der Waals surface area contributed by atoms with Crippen molar-refractivity contribution in [2.75, 3.05) is 30.3 Å². The van der Waals surface area contributed by atoms with E-state index in [-0.39, 0.29) is 18.4 Å². The molecule has 0 saturated heterocycles. The summed E-state index contributed by atoms with van der Waals surface area (Å²) in [6.45, 7) is 5.24. The molecule has 7 heteroatoms. The quantitative estimate of drug-likeness (QED) is 0.726. The normalized spacial score (nSPS) is 10.3. The van der Waals surface area contributed by atoms with Crippen LogP contribution in [0.2, 0.25) is 10.0 Å². The first-order valence-corrected chi connectivity index (χ1v) is 9.08. The minimum atomic E-state index is -0.233. The molecule has 0 aliphatic heterocycles. The maximum Gasteiger partial charge on any atom is 0.253 e. The number of nitrogens with one attached hydrogen (secondary N) is 2. The van der Waals surface area contributed by atoms with E-state index in [2.05, 4.69) is 10.6 Å². The number of rotatable bonds is 7. The van der Waals surface area contributed by atoms with E-state index in [4.69, 9.17) is 23.2 Å². The highest BCUT2D eigenvalue weighted by molar-refractivity contribution is 6.43. The van der Waals surface area contributed by atoms with Crippen LogP contribution in [-0.2, 0) is 4.79 Å². The van der Waals surface area contributed by atoms with Crippen LogP contribution in [0, 0.1) is 0 Å². The lowest BCUT2D eigenvalue weighted by Crippen LogP contribution is -2.30. The number of anilines is 2. The summed E-state index contributed by atoms with van der Waals surface area (Å²) in [4.78, 5) is 26.1. The molecule has 2 amide bonds. The van der Waals surface area contributed by atoms with Gasteiger partial charge in [-0.3, -0.25) is 9.59 Å². The van der Waals surface area contributed by atoms with Crippen molar-refractivity contribution in [1.82, 2.24) is 4.90 Å². The van der Waals surface area contributed by atoms with E-state index < -0.39 is 0 Å². The van der Waals surface area contributed by atoms with Crippen LogP contribution in [0.1, 0.15) is 24.2 Å². The molecule has 138 valence electrons. The summed E-state index contributed by atoms with van der Waals surface area (Å²) in [6.07, 6.45) is 0. The van der Waals surface area contributed by atoms with E-state index in [0.717, 1.165) is 0 Å². The monoisotopic (exact) mass is 393 g/mol. The lowest BCUT2D eigenvalue weighted by Gasteiger charge is -2.18. The van der Waals surface area contributed by atoms with Crippen molar-refractivity contribution in [1.29, 1.82) is 0 Å². The van der Waals surface area contributed by atoms with Gasteiger partial charge in [0.1, 0.15) is 0 Å². The van der Waals surface area contributed by atoms with Crippen molar-refractivity contribution in [3.8, 4) is 0 Å². The fourth-order valence-corrected chi connectivity index (χ4v) is 2.78. The Balaban J connectivity index is 1.93. The summed E-state index contributed by atoms with van der Waals surface area (Å²) < 4.78 is 0. The van der Waals surface area contributed by atoms with Gasteiger partial charge < -0.3 is 15.5 Å². The maximum atomic E-state index is 12.3. The molecule has 0 heterocycles. The highest BCUT2D eigenvalue weighted by atomic mass is 35.5. The summed E-state index contributed by atoms with van der Waals surface area (Å²) >= 11 is 12.0. The molecular weight excluding hydrogens is 373 g/mol. The van der Waals surface area contributed by atoms with Crippen LogP contribution in [0.4, 0.5) is 11.4 Å². The second-order valence-electron chi connectivity index (χ2n) is 5.56. The molecule has 26 heavy (non-hydrogen) atoms. The first-order valence-electron chi connectivity index (χ1n) is 8.33. The topological polar surface area (TPSA) is 61.4 Å². The number of halogens is 2. The van der Waals surface area contributed by atoms with E-state index in [1.54, 1.807) is 47.4 Å². The van der Waals surface area contributed by atoms with E-state index in [1.165, 1.54) is 0 Å². The van der Waals surface area contributed by atoms with E-state index >= 15 is 0 Å². The Kier molecular flexibility index (Phi) is 7.30. The molecule has 0 saturated carbocycles. The first-order chi connectivity index (χ1) is 12.5. The number of amides is 2. The van der Waals surface area contributed by atoms with Gasteiger partial charge in [0.05, 0.1) is 22.3 Å². The summed E-state index contributed by atoms with van der Waals surface area (Å²) in [5, 5.41) is 6.51. The Morgan fingerprint density at radius 1 is 1.00 bits per heavy atom. The number of hydrogen-bond donors (Lipinski definition) is 2. The van der Waals surface area contributed by atoms with Crippen molar-refractivity contribution in [3.05, 3.63) is 58.1 Å². The van der Waals surface area contributed by atoms with Crippen LogP contribution in [0.15, 0.2) is 42.5 Å². The van der Waals surface area contributed by atoms with Crippen LogP contribution in [0.5, 0.6) is 0 Å². The average molecular weight is 394 g/mol. The van der Waals surface area contributed by atoms with Crippen molar-refractivity contribution >= 4 is 46.4 Å². The van der Waals surface area contributed by atoms with Crippen molar-refractivity contribution in [3.63, 3.8) is 0 Å². The van der Waals surface area contributed by atoms with E-state index in [9.17, 15) is 9.59 Å². The van der Waals surface area contributed by atoms with Gasteiger partial charge in [-0.15, -0.1) is 0 Å². The van der Waals surface area contributed by atoms with E-state index in [0.29, 0.717) is 40.1 Å². The molecule has 0 aliphatic carbocycles. The fraction of sp³-hybridized carbons (Fsp3) is 0.263. The Morgan fingerprint density at radius 2 is 1.65 bits per heavy atom. The van der Waals surface area contributed by atoms with Gasteiger partial charge in [-0.1, -0.05) is 29.3 Å². The second kappa shape index (κ2) is 9.46. The highest BCUT2D eigenvalue weighted by Gasteiger charge is 2.12. The molecule has 2 aromatic carbocycles. The number of carbonyl (C=O) groups excluding carboxylic acids is 2.